The van der Waals surface area contributed by atoms with Crippen molar-refractivity contribution >= 4 is 27.0 Å². The molecule has 0 spiro atoms. The summed E-state index contributed by atoms with van der Waals surface area (Å²) in [6, 6.07) is 9.42. The molecule has 2 heterocycles. The lowest BCUT2D eigenvalue weighted by Crippen LogP contribution is -2.40. The Hall–Kier alpha value is -2.98. The van der Waals surface area contributed by atoms with E-state index in [4.69, 9.17) is 4.74 Å². The Labute approximate surface area is 167 Å². The van der Waals surface area contributed by atoms with Crippen LogP contribution in [-0.2, 0) is 14.8 Å². The molecule has 1 saturated heterocycles. The maximum atomic E-state index is 13.4. The molecule has 29 heavy (non-hydrogen) atoms. The van der Waals surface area contributed by atoms with E-state index in [1.807, 2.05) is 12.1 Å². The number of nitrogens with zero attached hydrogens (tertiary/aromatic N) is 4. The largest absolute Gasteiger partial charge is 0.493 e. The molecule has 1 aliphatic rings. The Kier molecular flexibility index (Phi) is 4.75. The van der Waals surface area contributed by atoms with Crippen LogP contribution >= 0.6 is 0 Å². The predicted molar refractivity (Wildman–Crippen MR) is 105 cm³/mol. The topological polar surface area (TPSA) is 115 Å². The third kappa shape index (κ3) is 3.23. The van der Waals surface area contributed by atoms with Crippen LogP contribution in [0.15, 0.2) is 41.3 Å². The van der Waals surface area contributed by atoms with Crippen LogP contribution in [0.3, 0.4) is 0 Å². The summed E-state index contributed by atoms with van der Waals surface area (Å²) >= 11 is 0. The molecule has 10 heteroatoms. The van der Waals surface area contributed by atoms with Crippen LogP contribution in [-0.4, -0.2) is 58.5 Å². The maximum absolute atomic E-state index is 13.4. The van der Waals surface area contributed by atoms with E-state index in [9.17, 15) is 18.3 Å². The molecule has 0 amide bonds. The summed E-state index contributed by atoms with van der Waals surface area (Å²) in [7, 11) is -2.73. The van der Waals surface area contributed by atoms with Gasteiger partial charge < -0.3 is 9.84 Å². The highest BCUT2D eigenvalue weighted by Crippen LogP contribution is 2.36. The summed E-state index contributed by atoms with van der Waals surface area (Å²) in [5.74, 6) is -1.08. The van der Waals surface area contributed by atoms with Crippen LogP contribution in [0, 0.1) is 6.92 Å². The lowest BCUT2D eigenvalue weighted by molar-refractivity contribution is -0.140. The van der Waals surface area contributed by atoms with Crippen molar-refractivity contribution in [3.63, 3.8) is 0 Å². The predicted octanol–water partition coefficient (Wildman–Crippen LogP) is 1.98. The summed E-state index contributed by atoms with van der Waals surface area (Å²) in [6.45, 7) is 1.90. The number of aryl methyl sites for hydroxylation is 1. The first-order valence-electron chi connectivity index (χ1n) is 9.08. The second kappa shape index (κ2) is 7.12. The van der Waals surface area contributed by atoms with E-state index in [0.717, 1.165) is 4.31 Å². The van der Waals surface area contributed by atoms with Crippen LogP contribution in [0.5, 0.6) is 5.75 Å². The fraction of sp³-hybridized carbons (Fsp3) is 0.316. The molecule has 0 bridgehead atoms. The van der Waals surface area contributed by atoms with Gasteiger partial charge in [-0.1, -0.05) is 12.1 Å². The van der Waals surface area contributed by atoms with Crippen molar-refractivity contribution in [3.05, 3.63) is 42.0 Å². The smallest absolute Gasteiger partial charge is 0.322 e. The molecule has 9 nitrogen and oxygen atoms in total. The molecule has 1 N–H and O–H groups in total. The van der Waals surface area contributed by atoms with Gasteiger partial charge in [-0.25, -0.2) is 8.42 Å². The molecular weight excluding hydrogens is 396 g/mol. The summed E-state index contributed by atoms with van der Waals surface area (Å²) in [5.41, 5.74) is 2.34. The number of aromatic nitrogens is 3. The SMILES string of the molecule is COc1c(-n2nc3ccccc3n2)cc(C)cc1S(=O)(=O)N1CCC[C@H]1C(=O)O. The van der Waals surface area contributed by atoms with Gasteiger partial charge in [-0.15, -0.1) is 15.0 Å². The number of ether oxygens (including phenoxy) is 1. The van der Waals surface area contributed by atoms with E-state index in [1.54, 1.807) is 25.1 Å². The lowest BCUT2D eigenvalue weighted by Gasteiger charge is -2.23. The van der Waals surface area contributed by atoms with Gasteiger partial charge in [0.05, 0.1) is 7.11 Å². The van der Waals surface area contributed by atoms with Gasteiger partial charge in [-0.2, -0.15) is 4.31 Å². The number of methoxy groups -OCH3 is 1. The monoisotopic (exact) mass is 416 g/mol. The fourth-order valence-corrected chi connectivity index (χ4v) is 5.54. The highest BCUT2D eigenvalue weighted by Gasteiger charge is 2.41. The molecule has 0 radical (unpaired) electrons. The second-order valence-corrected chi connectivity index (χ2v) is 8.76. The molecule has 1 fully saturated rings. The summed E-state index contributed by atoms with van der Waals surface area (Å²) < 4.78 is 33.2. The van der Waals surface area contributed by atoms with Gasteiger partial charge >= 0.3 is 5.97 Å². The number of sulfonamides is 1. The second-order valence-electron chi connectivity index (χ2n) is 6.91. The van der Waals surface area contributed by atoms with Gasteiger partial charge in [0.1, 0.15) is 27.7 Å². The standard InChI is InChI=1S/C19H20N4O5S/c1-12-10-16(23-20-13-6-3-4-7-14(13)21-23)18(28-2)17(11-12)29(26,27)22-9-5-8-15(22)19(24)25/h3-4,6-7,10-11,15H,5,8-9H2,1-2H3,(H,24,25)/t15-/m0/s1. The van der Waals surface area contributed by atoms with E-state index >= 15 is 0 Å². The third-order valence-corrected chi connectivity index (χ3v) is 6.87. The minimum absolute atomic E-state index is 0.0759. The number of hydrogen-bond donors (Lipinski definition) is 1. The Morgan fingerprint density at radius 2 is 1.86 bits per heavy atom. The highest BCUT2D eigenvalue weighted by atomic mass is 32.2. The van der Waals surface area contributed by atoms with Gasteiger partial charge in [0, 0.05) is 6.54 Å². The summed E-state index contributed by atoms with van der Waals surface area (Å²) in [4.78, 5) is 12.8. The van der Waals surface area contributed by atoms with Crippen molar-refractivity contribution < 1.29 is 23.1 Å². The molecule has 3 aromatic rings. The van der Waals surface area contributed by atoms with Gasteiger partial charge in [0.25, 0.3) is 0 Å². The molecule has 0 aliphatic carbocycles. The first-order chi connectivity index (χ1) is 13.8. The van der Waals surface area contributed by atoms with Gasteiger partial charge in [0.2, 0.25) is 10.0 Å². The number of benzene rings is 2. The number of fused-ring (bicyclic) bond motifs is 1. The molecule has 0 saturated carbocycles. The number of carbonyl (C=O) groups is 1. The van der Waals surface area contributed by atoms with Gasteiger partial charge in [-0.05, 0) is 49.6 Å². The van der Waals surface area contributed by atoms with Crippen molar-refractivity contribution in [1.29, 1.82) is 0 Å². The zero-order valence-corrected chi connectivity index (χ0v) is 16.8. The Balaban J connectivity index is 1.90. The van der Waals surface area contributed by atoms with Crippen molar-refractivity contribution in [2.24, 2.45) is 0 Å². The first kappa shape index (κ1) is 19.3. The summed E-state index contributed by atoms with van der Waals surface area (Å²) in [5, 5.41) is 18.3. The number of aliphatic carboxylic acids is 1. The Morgan fingerprint density at radius 1 is 1.21 bits per heavy atom. The number of carboxylic acid groups (broad SMARTS) is 1. The van der Waals surface area contributed by atoms with Crippen molar-refractivity contribution in [3.8, 4) is 11.4 Å². The molecule has 1 aromatic heterocycles. The first-order valence-corrected chi connectivity index (χ1v) is 10.5. The van der Waals surface area contributed by atoms with E-state index in [2.05, 4.69) is 10.2 Å². The molecule has 4 rings (SSSR count). The zero-order valence-electron chi connectivity index (χ0n) is 15.9. The number of carboxylic acids is 1. The zero-order chi connectivity index (χ0) is 20.8. The van der Waals surface area contributed by atoms with Crippen molar-refractivity contribution in [2.45, 2.75) is 30.7 Å². The van der Waals surface area contributed by atoms with Crippen LogP contribution in [0.25, 0.3) is 16.7 Å². The van der Waals surface area contributed by atoms with Crippen LogP contribution < -0.4 is 4.74 Å². The van der Waals surface area contributed by atoms with Crippen molar-refractivity contribution in [1.82, 2.24) is 19.3 Å². The van der Waals surface area contributed by atoms with Gasteiger partial charge in [-0.3, -0.25) is 4.79 Å². The van der Waals surface area contributed by atoms with Crippen LogP contribution in [0.4, 0.5) is 0 Å². The summed E-state index contributed by atoms with van der Waals surface area (Å²) in [6.07, 6.45) is 0.769. The number of rotatable bonds is 5. The van der Waals surface area contributed by atoms with Gasteiger partial charge in [0.15, 0.2) is 5.75 Å². The van der Waals surface area contributed by atoms with Crippen LogP contribution in [0.1, 0.15) is 18.4 Å². The maximum Gasteiger partial charge on any atom is 0.322 e. The highest BCUT2D eigenvalue weighted by molar-refractivity contribution is 7.89. The van der Waals surface area contributed by atoms with Crippen molar-refractivity contribution in [2.75, 3.05) is 13.7 Å². The lowest BCUT2D eigenvalue weighted by atomic mass is 10.2. The third-order valence-electron chi connectivity index (χ3n) is 4.96. The Bertz CT molecular complexity index is 1170. The minimum Gasteiger partial charge on any atom is -0.493 e. The van der Waals surface area contributed by atoms with E-state index in [-0.39, 0.29) is 23.6 Å². The van der Waals surface area contributed by atoms with Crippen LogP contribution in [0.2, 0.25) is 0 Å². The van der Waals surface area contributed by atoms with E-state index < -0.39 is 22.0 Å². The van der Waals surface area contributed by atoms with E-state index in [1.165, 1.54) is 18.0 Å². The Morgan fingerprint density at radius 3 is 2.45 bits per heavy atom. The quantitative estimate of drug-likeness (QED) is 0.676. The normalized spacial score (nSPS) is 17.7. The molecule has 2 aromatic carbocycles. The molecular formula is C19H20N4O5S. The molecule has 1 atom stereocenters. The fourth-order valence-electron chi connectivity index (χ4n) is 3.64. The van der Waals surface area contributed by atoms with E-state index in [0.29, 0.717) is 28.7 Å². The minimum atomic E-state index is -4.10. The average Bonchev–Trinajstić information content (AvgIpc) is 3.34. The molecule has 1 aliphatic heterocycles. The molecule has 0 unspecified atom stereocenters. The molecule has 152 valence electrons. The number of hydrogen-bond acceptors (Lipinski definition) is 6. The average molecular weight is 416 g/mol.